The molecule has 0 aliphatic heterocycles. The van der Waals surface area contributed by atoms with Crippen molar-refractivity contribution >= 4 is 21.7 Å². The van der Waals surface area contributed by atoms with Crippen molar-refractivity contribution in [1.29, 1.82) is 0 Å². The highest BCUT2D eigenvalue weighted by Gasteiger charge is 3.03. The molecular weight excluding hydrogens is 290 g/mol. The number of rotatable bonds is 0. The molecule has 1 aromatic heterocycles. The third-order valence-electron chi connectivity index (χ3n) is 9.36. The van der Waals surface area contributed by atoms with Crippen molar-refractivity contribution in [2.45, 2.75) is 44.9 Å². The van der Waals surface area contributed by atoms with E-state index in [0.29, 0.717) is 21.7 Å². The summed E-state index contributed by atoms with van der Waals surface area (Å²) in [6, 6.07) is 13.7. The van der Waals surface area contributed by atoms with Crippen LogP contribution < -0.4 is 0 Å². The summed E-state index contributed by atoms with van der Waals surface area (Å²) in [5.41, 5.74) is 6.69. The predicted octanol–water partition coefficient (Wildman–Crippen LogP) is 5.56. The number of hydrogen-bond acceptors (Lipinski definition) is 1. The lowest BCUT2D eigenvalue weighted by atomic mass is 9.50. The highest BCUT2D eigenvalue weighted by atomic mass is 15.1. The molecule has 2 aromatic carbocycles. The zero-order valence-corrected chi connectivity index (χ0v) is 14.5. The van der Waals surface area contributed by atoms with Crippen LogP contribution in [-0.4, -0.2) is 4.98 Å². The van der Waals surface area contributed by atoms with Gasteiger partial charge in [0, 0.05) is 22.4 Å². The van der Waals surface area contributed by atoms with E-state index in [1.807, 2.05) is 12.3 Å². The van der Waals surface area contributed by atoms with E-state index in [2.05, 4.69) is 51.1 Å². The molecule has 0 bridgehead atoms. The Morgan fingerprint density at radius 1 is 0.958 bits per heavy atom. The van der Waals surface area contributed by atoms with Crippen LogP contribution in [0.4, 0.5) is 0 Å². The number of nitrogens with zero attached hydrogens (tertiary/aromatic N) is 1. The molecule has 0 radical (unpaired) electrons. The van der Waals surface area contributed by atoms with E-state index in [0.717, 1.165) is 5.92 Å². The molecule has 4 aliphatic rings. The molecule has 118 valence electrons. The van der Waals surface area contributed by atoms with Gasteiger partial charge in [-0.3, -0.25) is 4.98 Å². The number of aromatic nitrogens is 1. The van der Waals surface area contributed by atoms with Gasteiger partial charge < -0.3 is 0 Å². The van der Waals surface area contributed by atoms with Gasteiger partial charge >= 0.3 is 0 Å². The topological polar surface area (TPSA) is 12.9 Å². The summed E-state index contributed by atoms with van der Waals surface area (Å²) >= 11 is 0. The molecule has 0 saturated heterocycles. The predicted molar refractivity (Wildman–Crippen MR) is 97.2 cm³/mol. The SMILES string of the molecule is CC12CC3(C)C4(C)CC(c5c1ccc1c5ccc5cccnc51)C243. The van der Waals surface area contributed by atoms with Gasteiger partial charge in [0.15, 0.2) is 0 Å². The van der Waals surface area contributed by atoms with E-state index in [1.165, 1.54) is 34.5 Å². The quantitative estimate of drug-likeness (QED) is 0.495. The first-order valence-electron chi connectivity index (χ1n) is 9.30. The Hall–Kier alpha value is -1.89. The standard InChI is InChI=1S/C23H21N/c1-20-12-22(3)21(2)11-17(23(20,21)22)18-14-7-6-13-5-4-10-24-19(13)15(14)8-9-16(18)20/h4-10,17H,11-12H2,1-3H3. The zero-order chi connectivity index (χ0) is 16.1. The fourth-order valence-electron chi connectivity index (χ4n) is 8.82. The Labute approximate surface area is 142 Å². The lowest BCUT2D eigenvalue weighted by Crippen LogP contribution is -2.49. The molecule has 1 spiro atoms. The Kier molecular flexibility index (Phi) is 1.57. The van der Waals surface area contributed by atoms with E-state index in [9.17, 15) is 0 Å². The van der Waals surface area contributed by atoms with Gasteiger partial charge in [-0.25, -0.2) is 0 Å². The lowest BCUT2D eigenvalue weighted by Gasteiger charge is -2.52. The van der Waals surface area contributed by atoms with Crippen molar-refractivity contribution in [2.24, 2.45) is 16.2 Å². The maximum absolute atomic E-state index is 4.70. The Morgan fingerprint density at radius 3 is 2.58 bits per heavy atom. The molecular formula is C23H21N. The summed E-state index contributed by atoms with van der Waals surface area (Å²) in [6.45, 7) is 7.70. The van der Waals surface area contributed by atoms with Gasteiger partial charge in [0.05, 0.1) is 5.52 Å². The average molecular weight is 311 g/mol. The highest BCUT2D eigenvalue weighted by molar-refractivity contribution is 6.07. The molecule has 3 aromatic rings. The van der Waals surface area contributed by atoms with Crippen molar-refractivity contribution < 1.29 is 0 Å². The first kappa shape index (κ1) is 12.5. The van der Waals surface area contributed by atoms with Gasteiger partial charge in [0.1, 0.15) is 0 Å². The minimum atomic E-state index is 0.419. The van der Waals surface area contributed by atoms with E-state index in [1.54, 1.807) is 11.1 Å². The van der Waals surface area contributed by atoms with Crippen molar-refractivity contribution in [1.82, 2.24) is 4.98 Å². The smallest absolute Gasteiger partial charge is 0.0780 e. The third-order valence-corrected chi connectivity index (χ3v) is 9.36. The molecule has 1 nitrogen and oxygen atoms in total. The van der Waals surface area contributed by atoms with Crippen LogP contribution in [0.2, 0.25) is 0 Å². The summed E-state index contributed by atoms with van der Waals surface area (Å²) < 4.78 is 0. The maximum Gasteiger partial charge on any atom is 0.0780 e. The summed E-state index contributed by atoms with van der Waals surface area (Å²) in [6.07, 6.45) is 4.71. The van der Waals surface area contributed by atoms with E-state index < -0.39 is 0 Å². The van der Waals surface area contributed by atoms with E-state index >= 15 is 0 Å². The number of hydrogen-bond donors (Lipinski definition) is 0. The fourth-order valence-corrected chi connectivity index (χ4v) is 8.82. The maximum atomic E-state index is 4.70. The van der Waals surface area contributed by atoms with Gasteiger partial charge in [0.25, 0.3) is 0 Å². The molecule has 1 heteroatoms. The summed E-state index contributed by atoms with van der Waals surface area (Å²) in [5.74, 6) is 0.783. The molecule has 5 atom stereocenters. The summed E-state index contributed by atoms with van der Waals surface area (Å²) in [4.78, 5) is 4.70. The Morgan fingerprint density at radius 2 is 1.79 bits per heavy atom. The first-order valence-corrected chi connectivity index (χ1v) is 9.30. The number of benzene rings is 2. The minimum Gasteiger partial charge on any atom is -0.256 e. The van der Waals surface area contributed by atoms with Gasteiger partial charge in [-0.2, -0.15) is 0 Å². The number of fused-ring (bicyclic) bond motifs is 8. The second kappa shape index (κ2) is 3.03. The summed E-state index contributed by atoms with van der Waals surface area (Å²) in [5, 5.41) is 4.08. The molecule has 4 aliphatic carbocycles. The first-order chi connectivity index (χ1) is 11.5. The van der Waals surface area contributed by atoms with Crippen molar-refractivity contribution in [2.75, 3.05) is 0 Å². The minimum absolute atomic E-state index is 0.419. The third kappa shape index (κ3) is 0.795. The van der Waals surface area contributed by atoms with E-state index in [4.69, 9.17) is 4.98 Å². The molecule has 1 heterocycles. The van der Waals surface area contributed by atoms with Gasteiger partial charge in [0.2, 0.25) is 0 Å². The van der Waals surface area contributed by atoms with Gasteiger partial charge in [-0.15, -0.1) is 0 Å². The van der Waals surface area contributed by atoms with Crippen molar-refractivity contribution in [3.05, 3.63) is 53.7 Å². The second-order valence-electron chi connectivity index (χ2n) is 9.50. The zero-order valence-electron chi connectivity index (χ0n) is 14.5. The van der Waals surface area contributed by atoms with Crippen LogP contribution in [0.15, 0.2) is 42.6 Å². The average Bonchev–Trinajstić information content (AvgIpc) is 2.75. The monoisotopic (exact) mass is 311 g/mol. The number of pyridine rings is 1. The molecule has 5 unspecified atom stereocenters. The van der Waals surface area contributed by atoms with Crippen LogP contribution in [0.25, 0.3) is 21.7 Å². The van der Waals surface area contributed by atoms with Crippen molar-refractivity contribution in [3.8, 4) is 0 Å². The largest absolute Gasteiger partial charge is 0.256 e. The highest BCUT2D eigenvalue weighted by Crippen LogP contribution is 3.08. The Bertz CT molecular complexity index is 1120. The Balaban J connectivity index is 1.62. The van der Waals surface area contributed by atoms with Gasteiger partial charge in [-0.05, 0) is 57.6 Å². The second-order valence-corrected chi connectivity index (χ2v) is 9.50. The van der Waals surface area contributed by atoms with E-state index in [-0.39, 0.29) is 0 Å². The molecule has 3 fully saturated rings. The summed E-state index contributed by atoms with van der Waals surface area (Å²) in [7, 11) is 0. The lowest BCUT2D eigenvalue weighted by molar-refractivity contribution is 0.0207. The molecule has 3 saturated carbocycles. The fraction of sp³-hybridized carbons (Fsp3) is 0.435. The molecule has 7 rings (SSSR count). The van der Waals surface area contributed by atoms with Crippen LogP contribution >= 0.6 is 0 Å². The van der Waals surface area contributed by atoms with Crippen LogP contribution in [-0.2, 0) is 5.41 Å². The van der Waals surface area contributed by atoms with Crippen LogP contribution in [0, 0.1) is 16.2 Å². The molecule has 24 heavy (non-hydrogen) atoms. The van der Waals surface area contributed by atoms with Crippen molar-refractivity contribution in [3.63, 3.8) is 0 Å². The molecule has 0 N–H and O–H groups in total. The van der Waals surface area contributed by atoms with Crippen LogP contribution in [0.5, 0.6) is 0 Å². The van der Waals surface area contributed by atoms with Crippen LogP contribution in [0.1, 0.15) is 50.7 Å². The molecule has 0 amide bonds. The van der Waals surface area contributed by atoms with Gasteiger partial charge in [-0.1, -0.05) is 51.1 Å². The normalized spacial score (nSPS) is 46.0. The van der Waals surface area contributed by atoms with Crippen LogP contribution in [0.3, 0.4) is 0 Å².